The summed E-state index contributed by atoms with van der Waals surface area (Å²) >= 11 is 3.28. The number of nitrogens with one attached hydrogen (secondary N) is 1. The van der Waals surface area contributed by atoms with Crippen molar-refractivity contribution in [2.24, 2.45) is 0 Å². The van der Waals surface area contributed by atoms with Crippen LogP contribution in [0.15, 0.2) is 53.4 Å². The number of carbonyl (C=O) groups is 1. The maximum atomic E-state index is 13.5. The van der Waals surface area contributed by atoms with E-state index in [0.717, 1.165) is 71.0 Å². The molecule has 0 saturated heterocycles. The number of para-hydroxylation sites is 1. The van der Waals surface area contributed by atoms with Crippen LogP contribution in [0.2, 0.25) is 0 Å². The molecule has 1 aliphatic heterocycles. The second kappa shape index (κ2) is 13.3. The van der Waals surface area contributed by atoms with Crippen LogP contribution in [0.4, 0.5) is 5.00 Å². The van der Waals surface area contributed by atoms with E-state index in [1.165, 1.54) is 10.4 Å². The first-order valence-corrected chi connectivity index (χ1v) is 18.0. The monoisotopic (exact) mass is 624 g/mol. The minimum Gasteiger partial charge on any atom is -0.313 e. The van der Waals surface area contributed by atoms with Crippen LogP contribution < -0.4 is 5.32 Å². The molecular weight excluding hydrogens is 585 g/mol. The van der Waals surface area contributed by atoms with Crippen LogP contribution in [-0.2, 0) is 23.0 Å². The highest BCUT2D eigenvalue weighted by molar-refractivity contribution is 7.89. The van der Waals surface area contributed by atoms with Crippen molar-refractivity contribution in [2.75, 3.05) is 25.0 Å². The fraction of sp³-hybridized carbons (Fsp3) is 0.438. The van der Waals surface area contributed by atoms with Crippen molar-refractivity contribution < 1.29 is 13.2 Å². The molecule has 5 rings (SSSR count). The Morgan fingerprint density at radius 2 is 1.71 bits per heavy atom. The molecule has 0 fully saturated rings. The Morgan fingerprint density at radius 3 is 2.36 bits per heavy atom. The van der Waals surface area contributed by atoms with Gasteiger partial charge in [0.15, 0.2) is 0 Å². The average molecular weight is 625 g/mol. The molecule has 1 amide bonds. The van der Waals surface area contributed by atoms with Gasteiger partial charge in [-0.25, -0.2) is 13.4 Å². The standard InChI is InChI=1S/C32H40N4O3S3/c1-5-7-18-36(19-8-6-2)42(38,39)24-15-13-23(14-16-24)30(37)34-32-29(31-33-26-11-9-10-12-27(26)40-31)25-17-20-35(22(3)4)21-28(25)41-32/h9-16,22H,5-8,17-21H2,1-4H3,(H,34,37). The predicted octanol–water partition coefficient (Wildman–Crippen LogP) is 7.63. The van der Waals surface area contributed by atoms with E-state index in [1.54, 1.807) is 51.2 Å². The highest BCUT2D eigenvalue weighted by Gasteiger charge is 2.29. The summed E-state index contributed by atoms with van der Waals surface area (Å²) in [7, 11) is -3.62. The number of hydrogen-bond acceptors (Lipinski definition) is 7. The van der Waals surface area contributed by atoms with Gasteiger partial charge in [-0.05, 0) is 75.1 Å². The first-order valence-electron chi connectivity index (χ1n) is 14.9. The molecule has 224 valence electrons. The molecule has 2 aromatic carbocycles. The number of sulfonamides is 1. The van der Waals surface area contributed by atoms with Gasteiger partial charge < -0.3 is 5.32 Å². The zero-order valence-electron chi connectivity index (χ0n) is 24.9. The third-order valence-corrected chi connectivity index (χ3v) is 11.9. The van der Waals surface area contributed by atoms with Crippen molar-refractivity contribution in [3.63, 3.8) is 0 Å². The van der Waals surface area contributed by atoms with Gasteiger partial charge in [-0.3, -0.25) is 9.69 Å². The fourth-order valence-electron chi connectivity index (χ4n) is 5.28. The summed E-state index contributed by atoms with van der Waals surface area (Å²) in [5, 5.41) is 4.90. The lowest BCUT2D eigenvalue weighted by atomic mass is 10.0. The molecule has 0 saturated carbocycles. The largest absolute Gasteiger partial charge is 0.313 e. The molecule has 4 aromatic rings. The summed E-state index contributed by atoms with van der Waals surface area (Å²) in [6.45, 7) is 11.4. The van der Waals surface area contributed by atoms with E-state index in [9.17, 15) is 13.2 Å². The van der Waals surface area contributed by atoms with Gasteiger partial charge >= 0.3 is 0 Å². The number of rotatable bonds is 12. The van der Waals surface area contributed by atoms with Crippen LogP contribution in [0.3, 0.4) is 0 Å². The quantitative estimate of drug-likeness (QED) is 0.175. The first-order chi connectivity index (χ1) is 20.2. The van der Waals surface area contributed by atoms with Gasteiger partial charge in [-0.2, -0.15) is 4.31 Å². The molecule has 0 unspecified atom stereocenters. The lowest BCUT2D eigenvalue weighted by Gasteiger charge is -2.30. The van der Waals surface area contributed by atoms with Crippen LogP contribution >= 0.6 is 22.7 Å². The van der Waals surface area contributed by atoms with Crippen LogP contribution in [0, 0.1) is 0 Å². The number of nitrogens with zero attached hydrogens (tertiary/aromatic N) is 3. The van der Waals surface area contributed by atoms with E-state index in [1.807, 2.05) is 18.2 Å². The summed E-state index contributed by atoms with van der Waals surface area (Å²) in [5.41, 5.74) is 3.67. The van der Waals surface area contributed by atoms with Gasteiger partial charge in [0.1, 0.15) is 10.0 Å². The number of amides is 1. The van der Waals surface area contributed by atoms with Crippen molar-refractivity contribution in [1.82, 2.24) is 14.2 Å². The highest BCUT2D eigenvalue weighted by Crippen LogP contribution is 2.46. The molecule has 1 aliphatic rings. The van der Waals surface area contributed by atoms with Crippen molar-refractivity contribution in [3.8, 4) is 10.6 Å². The molecular formula is C32H40N4O3S3. The summed E-state index contributed by atoms with van der Waals surface area (Å²) in [6, 6.07) is 14.9. The van der Waals surface area contributed by atoms with Gasteiger partial charge in [0, 0.05) is 48.2 Å². The normalized spacial score (nSPS) is 14.1. The summed E-state index contributed by atoms with van der Waals surface area (Å²) in [6.07, 6.45) is 4.40. The van der Waals surface area contributed by atoms with Gasteiger partial charge in [-0.15, -0.1) is 22.7 Å². The number of thiophene rings is 1. The molecule has 0 aliphatic carbocycles. The summed E-state index contributed by atoms with van der Waals surface area (Å²) < 4.78 is 29.5. The number of benzene rings is 2. The van der Waals surface area contributed by atoms with E-state index in [0.29, 0.717) is 24.7 Å². The van der Waals surface area contributed by atoms with Crippen LogP contribution in [0.5, 0.6) is 0 Å². The topological polar surface area (TPSA) is 82.6 Å². The fourth-order valence-corrected chi connectivity index (χ4v) is 9.18. The zero-order chi connectivity index (χ0) is 29.9. The Hall–Kier alpha value is -2.63. The van der Waals surface area contributed by atoms with Crippen LogP contribution in [-0.4, -0.2) is 54.2 Å². The van der Waals surface area contributed by atoms with E-state index >= 15 is 0 Å². The van der Waals surface area contributed by atoms with Crippen molar-refractivity contribution in [2.45, 2.75) is 77.3 Å². The second-order valence-corrected chi connectivity index (χ2v) is 15.2. The molecule has 1 N–H and O–H groups in total. The first kappa shape index (κ1) is 30.8. The Morgan fingerprint density at radius 1 is 1.02 bits per heavy atom. The minimum absolute atomic E-state index is 0.224. The van der Waals surface area contributed by atoms with E-state index < -0.39 is 10.0 Å². The van der Waals surface area contributed by atoms with E-state index in [-0.39, 0.29) is 10.8 Å². The molecule has 3 heterocycles. The number of unbranched alkanes of at least 4 members (excludes halogenated alkanes) is 2. The van der Waals surface area contributed by atoms with E-state index in [4.69, 9.17) is 4.98 Å². The van der Waals surface area contributed by atoms with Crippen molar-refractivity contribution in [3.05, 3.63) is 64.5 Å². The second-order valence-electron chi connectivity index (χ2n) is 11.1. The van der Waals surface area contributed by atoms with Gasteiger partial charge in [0.2, 0.25) is 10.0 Å². The smallest absolute Gasteiger partial charge is 0.256 e. The van der Waals surface area contributed by atoms with Crippen molar-refractivity contribution >= 4 is 53.8 Å². The Kier molecular flexibility index (Phi) is 9.79. The number of fused-ring (bicyclic) bond motifs is 2. The molecule has 42 heavy (non-hydrogen) atoms. The Labute approximate surface area is 257 Å². The number of aromatic nitrogens is 1. The number of carbonyl (C=O) groups excluding carboxylic acids is 1. The van der Waals surface area contributed by atoms with Crippen LogP contribution in [0.25, 0.3) is 20.8 Å². The third kappa shape index (κ3) is 6.48. The zero-order valence-corrected chi connectivity index (χ0v) is 27.3. The van der Waals surface area contributed by atoms with E-state index in [2.05, 4.69) is 44.0 Å². The lowest BCUT2D eigenvalue weighted by Crippen LogP contribution is -2.35. The molecule has 2 aromatic heterocycles. The van der Waals surface area contributed by atoms with Crippen molar-refractivity contribution in [1.29, 1.82) is 0 Å². The molecule has 0 bridgehead atoms. The maximum absolute atomic E-state index is 13.5. The highest BCUT2D eigenvalue weighted by atomic mass is 32.2. The van der Waals surface area contributed by atoms with Gasteiger partial charge in [-0.1, -0.05) is 38.8 Å². The van der Waals surface area contributed by atoms with Crippen LogP contribution in [0.1, 0.15) is 74.2 Å². The Bertz CT molecular complexity index is 1600. The molecule has 0 spiro atoms. The maximum Gasteiger partial charge on any atom is 0.256 e. The summed E-state index contributed by atoms with van der Waals surface area (Å²) in [4.78, 5) is 22.4. The van der Waals surface area contributed by atoms with Gasteiger partial charge in [0.05, 0.1) is 15.1 Å². The average Bonchev–Trinajstić information content (AvgIpc) is 3.57. The third-order valence-electron chi connectivity index (χ3n) is 7.83. The Balaban J connectivity index is 1.43. The molecule has 10 heteroatoms. The number of thiazole rings is 1. The van der Waals surface area contributed by atoms with Gasteiger partial charge in [0.25, 0.3) is 5.91 Å². The number of hydrogen-bond donors (Lipinski definition) is 1. The molecule has 0 radical (unpaired) electrons. The SMILES string of the molecule is CCCCN(CCCC)S(=O)(=O)c1ccc(C(=O)Nc2sc3c(c2-c2nc4ccccc4s2)CCN(C(C)C)C3)cc1. The number of anilines is 1. The molecule has 7 nitrogen and oxygen atoms in total. The minimum atomic E-state index is -3.62. The lowest BCUT2D eigenvalue weighted by molar-refractivity contribution is 0.102. The predicted molar refractivity (Wildman–Crippen MR) is 175 cm³/mol. The molecule has 0 atom stereocenters. The summed E-state index contributed by atoms with van der Waals surface area (Å²) in [5.74, 6) is -0.255.